The second kappa shape index (κ2) is 5.14. The zero-order chi connectivity index (χ0) is 13.1. The molecule has 0 spiro atoms. The van der Waals surface area contributed by atoms with Crippen LogP contribution in [0.5, 0.6) is 11.6 Å². The molecule has 92 valence electrons. The highest BCUT2D eigenvalue weighted by molar-refractivity contribution is 9.10. The van der Waals surface area contributed by atoms with Crippen molar-refractivity contribution in [1.29, 1.82) is 0 Å². The van der Waals surface area contributed by atoms with Crippen LogP contribution in [-0.4, -0.2) is 9.91 Å². The van der Waals surface area contributed by atoms with E-state index in [1.54, 1.807) is 18.3 Å². The van der Waals surface area contributed by atoms with Gasteiger partial charge in [-0.3, -0.25) is 10.1 Å². The quantitative estimate of drug-likeness (QED) is 0.638. The number of nitro benzene ring substituents is 1. The third-order valence-electron chi connectivity index (χ3n) is 2.24. The topological polar surface area (TPSA) is 65.3 Å². The summed E-state index contributed by atoms with van der Waals surface area (Å²) < 4.78 is 6.37. The number of hydrogen-bond acceptors (Lipinski definition) is 4. The molecule has 1 heterocycles. The van der Waals surface area contributed by atoms with Gasteiger partial charge in [-0.15, -0.1) is 0 Å². The van der Waals surface area contributed by atoms with Crippen LogP contribution in [0.4, 0.5) is 5.69 Å². The van der Waals surface area contributed by atoms with Crippen molar-refractivity contribution in [3.05, 3.63) is 56.7 Å². The van der Waals surface area contributed by atoms with Gasteiger partial charge in [0.15, 0.2) is 0 Å². The van der Waals surface area contributed by atoms with Crippen molar-refractivity contribution in [2.45, 2.75) is 6.92 Å². The van der Waals surface area contributed by atoms with Crippen molar-refractivity contribution < 1.29 is 9.66 Å². The van der Waals surface area contributed by atoms with Gasteiger partial charge in [0, 0.05) is 22.3 Å². The molecule has 0 aliphatic rings. The van der Waals surface area contributed by atoms with Crippen molar-refractivity contribution in [1.82, 2.24) is 4.98 Å². The van der Waals surface area contributed by atoms with Crippen LogP contribution in [0.1, 0.15) is 5.56 Å². The largest absolute Gasteiger partial charge is 0.438 e. The number of halogens is 1. The van der Waals surface area contributed by atoms with Crippen LogP contribution >= 0.6 is 15.9 Å². The number of non-ortho nitro benzene ring substituents is 1. The van der Waals surface area contributed by atoms with Gasteiger partial charge in [0.25, 0.3) is 5.69 Å². The van der Waals surface area contributed by atoms with Gasteiger partial charge in [0.2, 0.25) is 5.88 Å². The lowest BCUT2D eigenvalue weighted by molar-refractivity contribution is -0.384. The second-order valence-electron chi connectivity index (χ2n) is 3.63. The van der Waals surface area contributed by atoms with E-state index >= 15 is 0 Å². The van der Waals surface area contributed by atoms with Gasteiger partial charge in [-0.05, 0) is 35.0 Å². The maximum absolute atomic E-state index is 10.6. The molecule has 2 aromatic rings. The standard InChI is InChI=1S/C12H9BrN2O3/c1-8-5-9(13)7-14-12(8)18-11-4-2-3-10(6-11)15(16)17/h2-7H,1H3. The Balaban J connectivity index is 2.28. The SMILES string of the molecule is Cc1cc(Br)cnc1Oc1cccc([N+](=O)[O-])c1. The lowest BCUT2D eigenvalue weighted by Crippen LogP contribution is -1.93. The summed E-state index contributed by atoms with van der Waals surface area (Å²) in [4.78, 5) is 14.3. The maximum Gasteiger partial charge on any atom is 0.273 e. The highest BCUT2D eigenvalue weighted by Crippen LogP contribution is 2.27. The van der Waals surface area contributed by atoms with Gasteiger partial charge in [-0.1, -0.05) is 6.07 Å². The van der Waals surface area contributed by atoms with E-state index in [0.29, 0.717) is 11.6 Å². The van der Waals surface area contributed by atoms with Crippen LogP contribution in [0.15, 0.2) is 41.0 Å². The van der Waals surface area contributed by atoms with Crippen molar-refractivity contribution in [3.63, 3.8) is 0 Å². The molecule has 1 aromatic heterocycles. The van der Waals surface area contributed by atoms with E-state index in [2.05, 4.69) is 20.9 Å². The Hall–Kier alpha value is -1.95. The van der Waals surface area contributed by atoms with Gasteiger partial charge in [-0.2, -0.15) is 0 Å². The van der Waals surface area contributed by atoms with Crippen LogP contribution in [0, 0.1) is 17.0 Å². The molecule has 6 heteroatoms. The number of rotatable bonds is 3. The molecule has 1 aromatic carbocycles. The molecule has 0 atom stereocenters. The monoisotopic (exact) mass is 308 g/mol. The summed E-state index contributed by atoms with van der Waals surface area (Å²) in [6.07, 6.45) is 1.61. The van der Waals surface area contributed by atoms with E-state index < -0.39 is 4.92 Å². The van der Waals surface area contributed by atoms with Crippen LogP contribution in [-0.2, 0) is 0 Å². The lowest BCUT2D eigenvalue weighted by atomic mass is 10.3. The van der Waals surface area contributed by atoms with E-state index in [9.17, 15) is 10.1 Å². The summed E-state index contributed by atoms with van der Waals surface area (Å²) in [6.45, 7) is 1.85. The number of benzene rings is 1. The van der Waals surface area contributed by atoms with Crippen LogP contribution in [0.3, 0.4) is 0 Å². The first-order chi connectivity index (χ1) is 8.56. The van der Waals surface area contributed by atoms with Gasteiger partial charge in [0.05, 0.1) is 11.0 Å². The first-order valence-electron chi connectivity index (χ1n) is 5.11. The highest BCUT2D eigenvalue weighted by Gasteiger charge is 2.09. The van der Waals surface area contributed by atoms with Crippen LogP contribution in [0.2, 0.25) is 0 Å². The lowest BCUT2D eigenvalue weighted by Gasteiger charge is -2.07. The molecule has 0 bridgehead atoms. The van der Waals surface area contributed by atoms with Crippen molar-refractivity contribution in [2.24, 2.45) is 0 Å². The molecule has 2 rings (SSSR count). The summed E-state index contributed by atoms with van der Waals surface area (Å²) in [5, 5.41) is 10.6. The maximum atomic E-state index is 10.6. The Bertz CT molecular complexity index is 602. The molecule has 0 radical (unpaired) electrons. The predicted octanol–water partition coefficient (Wildman–Crippen LogP) is 3.85. The molecule has 18 heavy (non-hydrogen) atoms. The van der Waals surface area contributed by atoms with Crippen molar-refractivity contribution in [2.75, 3.05) is 0 Å². The Morgan fingerprint density at radius 3 is 2.83 bits per heavy atom. The fourth-order valence-electron chi connectivity index (χ4n) is 1.41. The number of hydrogen-bond donors (Lipinski definition) is 0. The van der Waals surface area contributed by atoms with Crippen LogP contribution < -0.4 is 4.74 Å². The Morgan fingerprint density at radius 2 is 2.17 bits per heavy atom. The minimum absolute atomic E-state index is 0.0118. The highest BCUT2D eigenvalue weighted by atomic mass is 79.9. The minimum Gasteiger partial charge on any atom is -0.438 e. The zero-order valence-electron chi connectivity index (χ0n) is 9.46. The zero-order valence-corrected chi connectivity index (χ0v) is 11.0. The number of ether oxygens (including phenoxy) is 1. The first kappa shape index (κ1) is 12.5. The number of nitro groups is 1. The Labute approximate surface area is 112 Å². The molecule has 5 nitrogen and oxygen atoms in total. The summed E-state index contributed by atoms with van der Waals surface area (Å²) in [6, 6.07) is 7.86. The van der Waals surface area contributed by atoms with Gasteiger partial charge in [-0.25, -0.2) is 4.98 Å². The fraction of sp³-hybridized carbons (Fsp3) is 0.0833. The van der Waals surface area contributed by atoms with E-state index in [1.165, 1.54) is 12.1 Å². The van der Waals surface area contributed by atoms with Gasteiger partial charge < -0.3 is 4.74 Å². The average molecular weight is 309 g/mol. The molecule has 0 aliphatic heterocycles. The fourth-order valence-corrected chi connectivity index (χ4v) is 1.85. The average Bonchev–Trinajstić information content (AvgIpc) is 2.33. The first-order valence-corrected chi connectivity index (χ1v) is 5.90. The molecule has 0 unspecified atom stereocenters. The minimum atomic E-state index is -0.464. The third-order valence-corrected chi connectivity index (χ3v) is 2.67. The van der Waals surface area contributed by atoms with E-state index in [1.807, 2.05) is 13.0 Å². The summed E-state index contributed by atoms with van der Waals surface area (Å²) in [7, 11) is 0. The number of aromatic nitrogens is 1. The Kier molecular flexibility index (Phi) is 3.57. The van der Waals surface area contributed by atoms with E-state index in [4.69, 9.17) is 4.74 Å². The van der Waals surface area contributed by atoms with Crippen molar-refractivity contribution >= 4 is 21.6 Å². The predicted molar refractivity (Wildman–Crippen MR) is 69.8 cm³/mol. The number of pyridine rings is 1. The molecule has 0 N–H and O–H groups in total. The Morgan fingerprint density at radius 1 is 1.39 bits per heavy atom. The molecule has 0 aliphatic carbocycles. The normalized spacial score (nSPS) is 10.1. The molecular formula is C12H9BrN2O3. The summed E-state index contributed by atoms with van der Waals surface area (Å²) in [5.41, 5.74) is 0.832. The second-order valence-corrected chi connectivity index (χ2v) is 4.55. The molecule has 0 amide bonds. The third kappa shape index (κ3) is 2.84. The smallest absolute Gasteiger partial charge is 0.273 e. The van der Waals surface area contributed by atoms with Crippen LogP contribution in [0.25, 0.3) is 0 Å². The summed E-state index contributed by atoms with van der Waals surface area (Å²) >= 11 is 3.31. The molecule has 0 fully saturated rings. The van der Waals surface area contributed by atoms with E-state index in [-0.39, 0.29) is 5.69 Å². The number of aryl methyl sites for hydroxylation is 1. The summed E-state index contributed by atoms with van der Waals surface area (Å²) in [5.74, 6) is 0.820. The molecule has 0 saturated heterocycles. The van der Waals surface area contributed by atoms with E-state index in [0.717, 1.165) is 10.0 Å². The molecular weight excluding hydrogens is 300 g/mol. The van der Waals surface area contributed by atoms with Gasteiger partial charge in [0.1, 0.15) is 5.75 Å². The molecule has 0 saturated carbocycles. The van der Waals surface area contributed by atoms with Crippen molar-refractivity contribution in [3.8, 4) is 11.6 Å². The number of nitrogens with zero attached hydrogens (tertiary/aromatic N) is 2. The van der Waals surface area contributed by atoms with Gasteiger partial charge >= 0.3 is 0 Å².